The molecule has 0 saturated heterocycles. The van der Waals surface area contributed by atoms with Gasteiger partial charge in [-0.2, -0.15) is 18.3 Å². The SMILES string of the molecule is CN(C)CC1(NS(=O)(=O)c2cc(C(F)(F)F)nn2C)CC1. The first-order chi connectivity index (χ1) is 9.45. The first kappa shape index (κ1) is 16.2. The van der Waals surface area contributed by atoms with Gasteiger partial charge in [0.15, 0.2) is 10.7 Å². The summed E-state index contributed by atoms with van der Waals surface area (Å²) in [7, 11) is 0.740. The average molecular weight is 326 g/mol. The summed E-state index contributed by atoms with van der Waals surface area (Å²) >= 11 is 0. The number of nitrogens with zero attached hydrogens (tertiary/aromatic N) is 3. The van der Waals surface area contributed by atoms with Crippen molar-refractivity contribution in [2.75, 3.05) is 20.6 Å². The fourth-order valence-electron chi connectivity index (χ4n) is 2.23. The van der Waals surface area contributed by atoms with E-state index in [1.54, 1.807) is 14.1 Å². The minimum atomic E-state index is -4.67. The minimum absolute atomic E-state index is 0.486. The van der Waals surface area contributed by atoms with E-state index < -0.39 is 32.5 Å². The van der Waals surface area contributed by atoms with Gasteiger partial charge in [-0.25, -0.2) is 13.1 Å². The Labute approximate surface area is 121 Å². The molecule has 6 nitrogen and oxygen atoms in total. The second kappa shape index (κ2) is 4.96. The van der Waals surface area contributed by atoms with Crippen molar-refractivity contribution in [3.05, 3.63) is 11.8 Å². The van der Waals surface area contributed by atoms with E-state index in [0.29, 0.717) is 25.5 Å². The monoisotopic (exact) mass is 326 g/mol. The second-order valence-corrected chi connectivity index (χ2v) is 7.24. The van der Waals surface area contributed by atoms with E-state index in [2.05, 4.69) is 9.82 Å². The van der Waals surface area contributed by atoms with E-state index in [9.17, 15) is 21.6 Å². The largest absolute Gasteiger partial charge is 0.435 e. The molecule has 0 unspecified atom stereocenters. The van der Waals surface area contributed by atoms with Gasteiger partial charge in [0.25, 0.3) is 10.0 Å². The molecule has 0 radical (unpaired) electrons. The molecule has 0 amide bonds. The molecule has 0 bridgehead atoms. The number of sulfonamides is 1. The van der Waals surface area contributed by atoms with Gasteiger partial charge in [0, 0.05) is 25.2 Å². The number of aromatic nitrogens is 2. The Bertz CT molecular complexity index is 632. The molecule has 1 aliphatic carbocycles. The third-order valence-electron chi connectivity index (χ3n) is 3.23. The molecular formula is C11H17F3N4O2S. The lowest BCUT2D eigenvalue weighted by Crippen LogP contribution is -2.44. The Morgan fingerprint density at radius 1 is 1.43 bits per heavy atom. The fraction of sp³-hybridized carbons (Fsp3) is 0.727. The predicted octanol–water partition coefficient (Wildman–Crippen LogP) is 0.811. The maximum Gasteiger partial charge on any atom is 0.435 e. The van der Waals surface area contributed by atoms with Crippen LogP contribution in [0.25, 0.3) is 0 Å². The van der Waals surface area contributed by atoms with Crippen molar-refractivity contribution in [2.45, 2.75) is 29.6 Å². The molecule has 1 fully saturated rings. The van der Waals surface area contributed by atoms with E-state index in [4.69, 9.17) is 0 Å². The Morgan fingerprint density at radius 2 is 2.00 bits per heavy atom. The molecule has 21 heavy (non-hydrogen) atoms. The zero-order valence-electron chi connectivity index (χ0n) is 11.9. The van der Waals surface area contributed by atoms with Crippen molar-refractivity contribution in [1.29, 1.82) is 0 Å². The maximum atomic E-state index is 12.6. The first-order valence-electron chi connectivity index (χ1n) is 6.25. The number of rotatable bonds is 5. The van der Waals surface area contributed by atoms with Crippen LogP contribution in [0.1, 0.15) is 18.5 Å². The third kappa shape index (κ3) is 3.55. The minimum Gasteiger partial charge on any atom is -0.308 e. The van der Waals surface area contributed by atoms with E-state index >= 15 is 0 Å². The Hall–Kier alpha value is -1.13. The molecular weight excluding hydrogens is 309 g/mol. The van der Waals surface area contributed by atoms with Crippen LogP contribution in [-0.2, 0) is 23.2 Å². The molecule has 1 aromatic heterocycles. The van der Waals surface area contributed by atoms with E-state index in [1.807, 2.05) is 4.90 Å². The lowest BCUT2D eigenvalue weighted by atomic mass is 10.3. The molecule has 0 aliphatic heterocycles. The third-order valence-corrected chi connectivity index (χ3v) is 4.86. The van der Waals surface area contributed by atoms with Crippen LogP contribution in [0.4, 0.5) is 13.2 Å². The number of alkyl halides is 3. The van der Waals surface area contributed by atoms with E-state index in [1.165, 1.54) is 7.05 Å². The smallest absolute Gasteiger partial charge is 0.308 e. The van der Waals surface area contributed by atoms with Crippen LogP contribution in [0.2, 0.25) is 0 Å². The van der Waals surface area contributed by atoms with Crippen LogP contribution in [0.15, 0.2) is 11.1 Å². The molecule has 1 aliphatic rings. The summed E-state index contributed by atoms with van der Waals surface area (Å²) in [6, 6.07) is 0.550. The van der Waals surface area contributed by atoms with Crippen LogP contribution in [0.3, 0.4) is 0 Å². The highest BCUT2D eigenvalue weighted by Gasteiger charge is 2.47. The van der Waals surface area contributed by atoms with Crippen molar-refractivity contribution < 1.29 is 21.6 Å². The summed E-state index contributed by atoms with van der Waals surface area (Å²) in [4.78, 5) is 1.83. The molecule has 1 N–H and O–H groups in total. The van der Waals surface area contributed by atoms with Gasteiger partial charge >= 0.3 is 6.18 Å². The Balaban J connectivity index is 2.27. The van der Waals surface area contributed by atoms with Gasteiger partial charge in [0.05, 0.1) is 0 Å². The van der Waals surface area contributed by atoms with Crippen molar-refractivity contribution in [2.24, 2.45) is 7.05 Å². The summed E-state index contributed by atoms with van der Waals surface area (Å²) in [5.74, 6) is 0. The number of halogens is 3. The highest BCUT2D eigenvalue weighted by atomic mass is 32.2. The van der Waals surface area contributed by atoms with Gasteiger partial charge in [-0.05, 0) is 26.9 Å². The van der Waals surface area contributed by atoms with Gasteiger partial charge in [0.1, 0.15) is 0 Å². The maximum absolute atomic E-state index is 12.6. The van der Waals surface area contributed by atoms with Gasteiger partial charge in [0.2, 0.25) is 0 Å². The standard InChI is InChI=1S/C11H17F3N4O2S/c1-17(2)7-10(4-5-10)16-21(19,20)9-6-8(11(12,13)14)15-18(9)3/h6,16H,4-5,7H2,1-3H3. The summed E-state index contributed by atoms with van der Waals surface area (Å²) in [6.45, 7) is 0.496. The summed E-state index contributed by atoms with van der Waals surface area (Å²) < 4.78 is 65.6. The number of likely N-dealkylation sites (N-methyl/N-ethyl adjacent to an activating group) is 1. The average Bonchev–Trinajstić information content (AvgIpc) is 2.85. The van der Waals surface area contributed by atoms with Crippen molar-refractivity contribution >= 4 is 10.0 Å². The number of hydrogen-bond donors (Lipinski definition) is 1. The molecule has 2 rings (SSSR count). The molecule has 10 heteroatoms. The second-order valence-electron chi connectivity index (χ2n) is 5.61. The normalized spacial score (nSPS) is 18.2. The van der Waals surface area contributed by atoms with Gasteiger partial charge in [-0.3, -0.25) is 4.68 Å². The van der Waals surface area contributed by atoms with E-state index in [-0.39, 0.29) is 0 Å². The fourth-order valence-corrected chi connectivity index (χ4v) is 3.82. The number of aryl methyl sites for hydroxylation is 1. The van der Waals surface area contributed by atoms with Gasteiger partial charge in [-0.15, -0.1) is 0 Å². The predicted molar refractivity (Wildman–Crippen MR) is 69.1 cm³/mol. The van der Waals surface area contributed by atoms with Crippen molar-refractivity contribution in [3.63, 3.8) is 0 Å². The van der Waals surface area contributed by atoms with Crippen LogP contribution < -0.4 is 4.72 Å². The molecule has 0 atom stereocenters. The van der Waals surface area contributed by atoms with Gasteiger partial charge in [-0.1, -0.05) is 0 Å². The lowest BCUT2D eigenvalue weighted by Gasteiger charge is -2.21. The van der Waals surface area contributed by atoms with Gasteiger partial charge < -0.3 is 4.90 Å². The Morgan fingerprint density at radius 3 is 2.38 bits per heavy atom. The summed E-state index contributed by atoms with van der Waals surface area (Å²) in [5.41, 5.74) is -1.81. The highest BCUT2D eigenvalue weighted by Crippen LogP contribution is 2.37. The topological polar surface area (TPSA) is 67.2 Å². The lowest BCUT2D eigenvalue weighted by molar-refractivity contribution is -0.141. The number of hydrogen-bond acceptors (Lipinski definition) is 4. The molecule has 120 valence electrons. The van der Waals surface area contributed by atoms with Crippen molar-refractivity contribution in [3.8, 4) is 0 Å². The molecule has 1 saturated carbocycles. The summed E-state index contributed by atoms with van der Waals surface area (Å²) in [5, 5.41) is 2.74. The van der Waals surface area contributed by atoms with Crippen LogP contribution in [-0.4, -0.2) is 49.3 Å². The summed E-state index contributed by atoms with van der Waals surface area (Å²) in [6.07, 6.45) is -3.35. The van der Waals surface area contributed by atoms with Crippen molar-refractivity contribution in [1.82, 2.24) is 19.4 Å². The molecule has 0 aromatic carbocycles. The Kier molecular flexibility index (Phi) is 3.83. The first-order valence-corrected chi connectivity index (χ1v) is 7.73. The van der Waals surface area contributed by atoms with Crippen LogP contribution in [0, 0.1) is 0 Å². The number of nitrogens with one attached hydrogen (secondary N) is 1. The molecule has 1 heterocycles. The molecule has 0 spiro atoms. The highest BCUT2D eigenvalue weighted by molar-refractivity contribution is 7.89. The van der Waals surface area contributed by atoms with Crippen LogP contribution in [0.5, 0.6) is 0 Å². The van der Waals surface area contributed by atoms with Crippen LogP contribution >= 0.6 is 0 Å². The van der Waals surface area contributed by atoms with E-state index in [0.717, 1.165) is 4.68 Å². The quantitative estimate of drug-likeness (QED) is 0.870. The zero-order valence-corrected chi connectivity index (χ0v) is 12.7. The zero-order chi connectivity index (χ0) is 16.1. The molecule has 1 aromatic rings.